The van der Waals surface area contributed by atoms with Crippen LogP contribution in [0.3, 0.4) is 0 Å². The Kier molecular flexibility index (Phi) is 1.30. The molecule has 0 spiro atoms. The van der Waals surface area contributed by atoms with E-state index in [9.17, 15) is 0 Å². The quantitative estimate of drug-likeness (QED) is 0.441. The van der Waals surface area contributed by atoms with Crippen LogP contribution in [0.15, 0.2) is 0 Å². The first-order valence-electron chi connectivity index (χ1n) is 3.53. The molecule has 0 aromatic carbocycles. The van der Waals surface area contributed by atoms with Crippen molar-refractivity contribution in [1.29, 1.82) is 5.26 Å². The summed E-state index contributed by atoms with van der Waals surface area (Å²) in [6.07, 6.45) is 3.56. The van der Waals surface area contributed by atoms with Crippen molar-refractivity contribution in [2.24, 2.45) is 0 Å². The van der Waals surface area contributed by atoms with Gasteiger partial charge in [-0.3, -0.25) is 0 Å². The van der Waals surface area contributed by atoms with Gasteiger partial charge in [0.05, 0.1) is 4.83 Å². The molecule has 0 bridgehead atoms. The van der Waals surface area contributed by atoms with Crippen LogP contribution in [-0.2, 0) is 4.74 Å². The highest BCUT2D eigenvalue weighted by Crippen LogP contribution is 2.50. The largest absolute Gasteiger partial charge is 0.349 e. The smallest absolute Gasteiger partial charge is 0.192 e. The monoisotopic (exact) mass is 201 g/mol. The summed E-state index contributed by atoms with van der Waals surface area (Å²) in [6, 6.07) is 2.24. The molecule has 1 saturated carbocycles. The topological polar surface area (TPSA) is 36.3 Å². The SMILES string of the molecule is N#C[C@]12O[C@H]1CCC[C@@H]2Br. The van der Waals surface area contributed by atoms with Gasteiger partial charge in [0.15, 0.2) is 5.60 Å². The van der Waals surface area contributed by atoms with Gasteiger partial charge >= 0.3 is 0 Å². The lowest BCUT2D eigenvalue weighted by Crippen LogP contribution is -2.29. The van der Waals surface area contributed by atoms with Crippen molar-refractivity contribution < 1.29 is 4.74 Å². The van der Waals surface area contributed by atoms with Gasteiger partial charge in [-0.1, -0.05) is 15.9 Å². The lowest BCUT2D eigenvalue weighted by atomic mass is 9.90. The predicted molar refractivity (Wildman–Crippen MR) is 39.8 cm³/mol. The van der Waals surface area contributed by atoms with Gasteiger partial charge in [0.1, 0.15) is 12.2 Å². The second-order valence-corrected chi connectivity index (χ2v) is 4.02. The average Bonchev–Trinajstić information content (AvgIpc) is 2.65. The summed E-state index contributed by atoms with van der Waals surface area (Å²) < 4.78 is 5.32. The molecule has 3 heteroatoms. The van der Waals surface area contributed by atoms with Gasteiger partial charge in [0.2, 0.25) is 0 Å². The number of epoxide rings is 1. The molecule has 2 aliphatic rings. The number of alkyl halides is 1. The Morgan fingerprint density at radius 1 is 1.60 bits per heavy atom. The number of rotatable bonds is 0. The van der Waals surface area contributed by atoms with E-state index >= 15 is 0 Å². The first-order valence-corrected chi connectivity index (χ1v) is 4.44. The fourth-order valence-electron chi connectivity index (χ4n) is 1.62. The van der Waals surface area contributed by atoms with Gasteiger partial charge in [0, 0.05) is 0 Å². The molecule has 1 heterocycles. The van der Waals surface area contributed by atoms with Crippen molar-refractivity contribution >= 4 is 15.9 Å². The molecule has 0 amide bonds. The van der Waals surface area contributed by atoms with Crippen LogP contribution in [0.2, 0.25) is 0 Å². The minimum Gasteiger partial charge on any atom is -0.349 e. The first-order chi connectivity index (χ1) is 4.79. The molecule has 2 rings (SSSR count). The number of halogens is 1. The van der Waals surface area contributed by atoms with Crippen LogP contribution in [0.5, 0.6) is 0 Å². The van der Waals surface area contributed by atoms with Crippen molar-refractivity contribution in [2.75, 3.05) is 0 Å². The van der Waals surface area contributed by atoms with Crippen molar-refractivity contribution in [3.05, 3.63) is 0 Å². The van der Waals surface area contributed by atoms with Gasteiger partial charge in [-0.25, -0.2) is 0 Å². The molecular weight excluding hydrogens is 194 g/mol. The van der Waals surface area contributed by atoms with Crippen LogP contribution >= 0.6 is 15.9 Å². The van der Waals surface area contributed by atoms with Crippen LogP contribution in [0.1, 0.15) is 19.3 Å². The summed E-state index contributed by atoms with van der Waals surface area (Å²) in [5.41, 5.74) is -0.432. The Bertz CT molecular complexity index is 200. The minimum atomic E-state index is -0.432. The molecule has 1 aliphatic heterocycles. The lowest BCUT2D eigenvalue weighted by molar-refractivity contribution is 0.340. The summed E-state index contributed by atoms with van der Waals surface area (Å²) in [6.45, 7) is 0. The van der Waals surface area contributed by atoms with Gasteiger partial charge in [-0.15, -0.1) is 0 Å². The van der Waals surface area contributed by atoms with E-state index in [-0.39, 0.29) is 10.9 Å². The van der Waals surface area contributed by atoms with E-state index < -0.39 is 5.60 Å². The minimum absolute atomic E-state index is 0.232. The molecule has 0 aromatic heterocycles. The summed E-state index contributed by atoms with van der Waals surface area (Å²) in [5, 5.41) is 8.76. The van der Waals surface area contributed by atoms with E-state index in [2.05, 4.69) is 22.0 Å². The van der Waals surface area contributed by atoms with Crippen LogP contribution < -0.4 is 0 Å². The summed E-state index contributed by atoms with van der Waals surface area (Å²) in [7, 11) is 0. The highest BCUT2D eigenvalue weighted by atomic mass is 79.9. The van der Waals surface area contributed by atoms with E-state index in [1.165, 1.54) is 6.42 Å². The second kappa shape index (κ2) is 1.96. The van der Waals surface area contributed by atoms with Gasteiger partial charge < -0.3 is 4.74 Å². The molecule has 0 N–H and O–H groups in total. The number of nitriles is 1. The van der Waals surface area contributed by atoms with Gasteiger partial charge in [-0.2, -0.15) is 5.26 Å². The molecule has 10 heavy (non-hydrogen) atoms. The van der Waals surface area contributed by atoms with Crippen molar-refractivity contribution in [3.8, 4) is 6.07 Å². The highest BCUT2D eigenvalue weighted by Gasteiger charge is 2.63. The maximum atomic E-state index is 8.76. The molecule has 54 valence electrons. The Balaban J connectivity index is 2.19. The zero-order valence-corrected chi connectivity index (χ0v) is 7.10. The molecule has 3 atom stereocenters. The summed E-state index contributed by atoms with van der Waals surface area (Å²) in [4.78, 5) is 0.267. The molecule has 0 radical (unpaired) electrons. The number of hydrogen-bond acceptors (Lipinski definition) is 2. The Morgan fingerprint density at radius 2 is 2.40 bits per heavy atom. The zero-order chi connectivity index (χ0) is 7.19. The summed E-state index contributed by atoms with van der Waals surface area (Å²) in [5.74, 6) is 0. The van der Waals surface area contributed by atoms with Crippen molar-refractivity contribution in [3.63, 3.8) is 0 Å². The number of fused-ring (bicyclic) bond motifs is 1. The average molecular weight is 202 g/mol. The van der Waals surface area contributed by atoms with E-state index in [0.717, 1.165) is 12.8 Å². The maximum absolute atomic E-state index is 8.76. The second-order valence-electron chi connectivity index (χ2n) is 2.91. The van der Waals surface area contributed by atoms with Gasteiger partial charge in [-0.05, 0) is 19.3 Å². The maximum Gasteiger partial charge on any atom is 0.192 e. The normalized spacial score (nSPS) is 51.2. The van der Waals surface area contributed by atoms with E-state index in [0.29, 0.717) is 0 Å². The summed E-state index contributed by atoms with van der Waals surface area (Å²) >= 11 is 3.47. The fraction of sp³-hybridized carbons (Fsp3) is 0.857. The molecule has 0 aromatic rings. The Labute approximate surface area is 68.3 Å². The molecule has 1 aliphatic carbocycles. The predicted octanol–water partition coefficient (Wildman–Crippen LogP) is 1.59. The van der Waals surface area contributed by atoms with Crippen molar-refractivity contribution in [1.82, 2.24) is 0 Å². The van der Waals surface area contributed by atoms with Crippen LogP contribution in [0.4, 0.5) is 0 Å². The van der Waals surface area contributed by atoms with E-state index in [4.69, 9.17) is 10.00 Å². The number of ether oxygens (including phenoxy) is 1. The van der Waals surface area contributed by atoms with E-state index in [1.54, 1.807) is 0 Å². The van der Waals surface area contributed by atoms with E-state index in [1.807, 2.05) is 0 Å². The third kappa shape index (κ3) is 0.665. The number of hydrogen-bond donors (Lipinski definition) is 0. The van der Waals surface area contributed by atoms with Crippen LogP contribution in [0.25, 0.3) is 0 Å². The third-order valence-electron chi connectivity index (χ3n) is 2.32. The molecule has 0 unspecified atom stereocenters. The fourth-order valence-corrected chi connectivity index (χ4v) is 2.44. The highest BCUT2D eigenvalue weighted by molar-refractivity contribution is 9.09. The first kappa shape index (κ1) is 6.63. The van der Waals surface area contributed by atoms with Crippen LogP contribution in [-0.4, -0.2) is 16.5 Å². The molecular formula is C7H8BrNO. The molecule has 2 nitrogen and oxygen atoms in total. The molecule has 2 fully saturated rings. The standard InChI is InChI=1S/C7H8BrNO/c8-5-2-1-3-6-7(5,4-9)10-6/h5-6H,1-3H2/t5-,6-,7+/m0/s1. The number of nitrogens with zero attached hydrogens (tertiary/aromatic N) is 1. The van der Waals surface area contributed by atoms with Crippen molar-refractivity contribution in [2.45, 2.75) is 35.8 Å². The third-order valence-corrected chi connectivity index (χ3v) is 3.46. The van der Waals surface area contributed by atoms with Crippen LogP contribution in [0, 0.1) is 11.3 Å². The zero-order valence-electron chi connectivity index (χ0n) is 5.51. The van der Waals surface area contributed by atoms with Gasteiger partial charge in [0.25, 0.3) is 0 Å². The Hall–Kier alpha value is -0.0700. The molecule has 1 saturated heterocycles. The Morgan fingerprint density at radius 3 is 2.90 bits per heavy atom. The lowest BCUT2D eigenvalue weighted by Gasteiger charge is -2.16.